The number of nitrogens with zero attached hydrogens (tertiary/aromatic N) is 2. The number of hydrogen-bond donors (Lipinski definition) is 1. The number of aromatic nitrogens is 2. The second kappa shape index (κ2) is 6.53. The Balaban J connectivity index is 3.30. The Morgan fingerprint density at radius 1 is 1.44 bits per heavy atom. The predicted molar refractivity (Wildman–Crippen MR) is 68.3 cm³/mol. The number of hydrogen-bond acceptors (Lipinski definition) is 4. The highest BCUT2D eigenvalue weighted by atomic mass is 79.9. The van der Waals surface area contributed by atoms with Crippen LogP contribution in [0.4, 0.5) is 0 Å². The van der Waals surface area contributed by atoms with Crippen molar-refractivity contribution in [3.05, 3.63) is 17.0 Å². The van der Waals surface area contributed by atoms with Gasteiger partial charge in [-0.1, -0.05) is 22.9 Å². The molecule has 1 aromatic heterocycles. The van der Waals surface area contributed by atoms with E-state index in [0.717, 1.165) is 0 Å². The number of halogens is 1. The number of carboxylic acids is 1. The molecule has 1 heterocycles. The molecule has 18 heavy (non-hydrogen) atoms. The Labute approximate surface area is 113 Å². The van der Waals surface area contributed by atoms with Crippen molar-refractivity contribution in [3.8, 4) is 0 Å². The maximum Gasteiger partial charge on any atom is 0.359 e. The molecule has 7 heteroatoms. The summed E-state index contributed by atoms with van der Waals surface area (Å²) in [4.78, 5) is 23.0. The molecule has 0 unspecified atom stereocenters. The summed E-state index contributed by atoms with van der Waals surface area (Å²) in [5.74, 6) is -1.67. The van der Waals surface area contributed by atoms with Crippen LogP contribution >= 0.6 is 15.9 Å². The van der Waals surface area contributed by atoms with Crippen LogP contribution in [0, 0.1) is 0 Å². The molecule has 0 saturated carbocycles. The Morgan fingerprint density at radius 2 is 2.11 bits per heavy atom. The van der Waals surface area contributed by atoms with Crippen LogP contribution < -0.4 is 0 Å². The van der Waals surface area contributed by atoms with Gasteiger partial charge in [-0.3, -0.25) is 4.68 Å². The highest BCUT2D eigenvalue weighted by Crippen LogP contribution is 2.17. The highest BCUT2D eigenvalue weighted by Gasteiger charge is 2.26. The fourth-order valence-electron chi connectivity index (χ4n) is 1.68. The summed E-state index contributed by atoms with van der Waals surface area (Å²) in [6.07, 6.45) is 0.415. The van der Waals surface area contributed by atoms with Gasteiger partial charge in [0, 0.05) is 10.9 Å². The Hall–Kier alpha value is -1.37. The summed E-state index contributed by atoms with van der Waals surface area (Å²) in [6.45, 7) is 4.09. The summed E-state index contributed by atoms with van der Waals surface area (Å²) in [5, 5.41) is 13.8. The molecule has 1 aromatic rings. The SMILES string of the molecule is CCOC(=O)c1nn(CCBr)c(C(=O)O)c1CC. The third-order valence-electron chi connectivity index (χ3n) is 2.37. The summed E-state index contributed by atoms with van der Waals surface area (Å²) in [7, 11) is 0. The second-order valence-electron chi connectivity index (χ2n) is 3.47. The molecule has 100 valence electrons. The van der Waals surface area contributed by atoms with Gasteiger partial charge >= 0.3 is 11.9 Å². The zero-order valence-corrected chi connectivity index (χ0v) is 11.9. The molecule has 0 saturated heterocycles. The van der Waals surface area contributed by atoms with Crippen LogP contribution in [0.1, 0.15) is 40.4 Å². The summed E-state index contributed by atoms with van der Waals surface area (Å²) < 4.78 is 6.20. The maximum absolute atomic E-state index is 11.7. The topological polar surface area (TPSA) is 81.4 Å². The Kier molecular flexibility index (Phi) is 5.33. The first-order valence-corrected chi connectivity index (χ1v) is 6.74. The van der Waals surface area contributed by atoms with E-state index in [4.69, 9.17) is 4.74 Å². The molecule has 0 aliphatic rings. The van der Waals surface area contributed by atoms with Crippen LogP contribution in [0.25, 0.3) is 0 Å². The van der Waals surface area contributed by atoms with Gasteiger partial charge in [-0.25, -0.2) is 9.59 Å². The molecule has 1 N–H and O–H groups in total. The molecule has 0 spiro atoms. The van der Waals surface area contributed by atoms with E-state index in [2.05, 4.69) is 21.0 Å². The van der Waals surface area contributed by atoms with E-state index in [1.807, 2.05) is 0 Å². The van der Waals surface area contributed by atoms with E-state index in [1.165, 1.54) is 4.68 Å². The van der Waals surface area contributed by atoms with Crippen molar-refractivity contribution < 1.29 is 19.4 Å². The molecule has 1 rings (SSSR count). The third-order valence-corrected chi connectivity index (χ3v) is 2.73. The van der Waals surface area contributed by atoms with Crippen LogP contribution in [0.15, 0.2) is 0 Å². The second-order valence-corrected chi connectivity index (χ2v) is 4.26. The molecule has 0 atom stereocenters. The van der Waals surface area contributed by atoms with Crippen LogP contribution in [0.3, 0.4) is 0 Å². The molecule has 0 amide bonds. The van der Waals surface area contributed by atoms with Crippen LogP contribution in [0.5, 0.6) is 0 Å². The van der Waals surface area contributed by atoms with Crippen molar-refractivity contribution in [2.45, 2.75) is 26.8 Å². The van der Waals surface area contributed by atoms with Gasteiger partial charge in [0.05, 0.1) is 13.2 Å². The number of esters is 1. The normalized spacial score (nSPS) is 10.4. The maximum atomic E-state index is 11.7. The van der Waals surface area contributed by atoms with Gasteiger partial charge in [0.25, 0.3) is 0 Å². The lowest BCUT2D eigenvalue weighted by Crippen LogP contribution is -2.12. The number of aryl methyl sites for hydroxylation is 1. The third kappa shape index (κ3) is 2.90. The molecular formula is C11H15BrN2O4. The molecule has 0 radical (unpaired) electrons. The van der Waals surface area contributed by atoms with Crippen molar-refractivity contribution in [3.63, 3.8) is 0 Å². The summed E-state index contributed by atoms with van der Waals surface area (Å²) in [6, 6.07) is 0. The van der Waals surface area contributed by atoms with Crippen LogP contribution in [0.2, 0.25) is 0 Å². The average Bonchev–Trinajstić information content (AvgIpc) is 2.68. The first kappa shape index (κ1) is 14.7. The van der Waals surface area contributed by atoms with E-state index in [0.29, 0.717) is 23.9 Å². The molecular weight excluding hydrogens is 304 g/mol. The van der Waals surface area contributed by atoms with Gasteiger partial charge < -0.3 is 9.84 Å². The quantitative estimate of drug-likeness (QED) is 0.638. The zero-order chi connectivity index (χ0) is 13.7. The minimum absolute atomic E-state index is 0.0556. The number of carbonyl (C=O) groups is 2. The standard InChI is InChI=1S/C11H15BrN2O4/c1-3-7-8(11(17)18-4-2)13-14(6-5-12)9(7)10(15)16/h3-6H2,1-2H3,(H,15,16). The van der Waals surface area contributed by atoms with Crippen molar-refractivity contribution in [2.75, 3.05) is 11.9 Å². The van der Waals surface area contributed by atoms with E-state index in [9.17, 15) is 14.7 Å². The van der Waals surface area contributed by atoms with Gasteiger partial charge in [-0.05, 0) is 13.3 Å². The minimum atomic E-state index is -1.09. The lowest BCUT2D eigenvalue weighted by atomic mass is 10.1. The molecule has 6 nitrogen and oxygen atoms in total. The minimum Gasteiger partial charge on any atom is -0.477 e. The van der Waals surface area contributed by atoms with E-state index < -0.39 is 11.9 Å². The number of carbonyl (C=O) groups excluding carboxylic acids is 1. The van der Waals surface area contributed by atoms with E-state index >= 15 is 0 Å². The smallest absolute Gasteiger partial charge is 0.359 e. The number of aromatic carboxylic acids is 1. The largest absolute Gasteiger partial charge is 0.477 e. The molecule has 0 bridgehead atoms. The molecule has 0 fully saturated rings. The van der Waals surface area contributed by atoms with Gasteiger partial charge in [-0.15, -0.1) is 0 Å². The predicted octanol–water partition coefficient (Wildman–Crippen LogP) is 1.72. The first-order valence-electron chi connectivity index (χ1n) is 5.62. The van der Waals surface area contributed by atoms with Gasteiger partial charge in [0.2, 0.25) is 0 Å². The molecule has 0 aliphatic heterocycles. The number of carboxylic acid groups (broad SMARTS) is 1. The van der Waals surface area contributed by atoms with Crippen molar-refractivity contribution in [1.82, 2.24) is 9.78 Å². The van der Waals surface area contributed by atoms with Gasteiger partial charge in [0.15, 0.2) is 5.69 Å². The Bertz CT molecular complexity index is 456. The summed E-state index contributed by atoms with van der Waals surface area (Å²) >= 11 is 3.22. The summed E-state index contributed by atoms with van der Waals surface area (Å²) in [5.41, 5.74) is 0.569. The number of alkyl halides is 1. The van der Waals surface area contributed by atoms with Crippen molar-refractivity contribution in [1.29, 1.82) is 0 Å². The van der Waals surface area contributed by atoms with E-state index in [1.54, 1.807) is 13.8 Å². The van der Waals surface area contributed by atoms with Crippen LogP contribution in [-0.2, 0) is 17.7 Å². The Morgan fingerprint density at radius 3 is 2.56 bits per heavy atom. The lowest BCUT2D eigenvalue weighted by molar-refractivity contribution is 0.0517. The van der Waals surface area contributed by atoms with Crippen molar-refractivity contribution >= 4 is 27.9 Å². The fourth-order valence-corrected chi connectivity index (χ4v) is 2.01. The molecule has 0 aliphatic carbocycles. The lowest BCUT2D eigenvalue weighted by Gasteiger charge is -2.02. The van der Waals surface area contributed by atoms with Crippen LogP contribution in [-0.4, -0.2) is 38.8 Å². The fraction of sp³-hybridized carbons (Fsp3) is 0.545. The number of rotatable bonds is 6. The number of ether oxygens (including phenoxy) is 1. The first-order chi connectivity index (χ1) is 8.56. The van der Waals surface area contributed by atoms with Gasteiger partial charge in [-0.2, -0.15) is 5.10 Å². The van der Waals surface area contributed by atoms with Crippen molar-refractivity contribution in [2.24, 2.45) is 0 Å². The highest BCUT2D eigenvalue weighted by molar-refractivity contribution is 9.09. The zero-order valence-electron chi connectivity index (χ0n) is 10.3. The average molecular weight is 319 g/mol. The van der Waals surface area contributed by atoms with Gasteiger partial charge in [0.1, 0.15) is 5.69 Å². The molecule has 0 aromatic carbocycles. The monoisotopic (exact) mass is 318 g/mol. The van der Waals surface area contributed by atoms with E-state index in [-0.39, 0.29) is 18.0 Å².